The summed E-state index contributed by atoms with van der Waals surface area (Å²) in [5, 5.41) is 15.0. The Hall–Kier alpha value is -1.14. The third-order valence-electron chi connectivity index (χ3n) is 1.36. The van der Waals surface area contributed by atoms with Crippen LogP contribution < -0.4 is 11.2 Å². The van der Waals surface area contributed by atoms with Gasteiger partial charge < -0.3 is 11.2 Å². The van der Waals surface area contributed by atoms with Gasteiger partial charge in [-0.2, -0.15) is 5.10 Å². The van der Waals surface area contributed by atoms with Crippen LogP contribution in [0.25, 0.3) is 0 Å². The summed E-state index contributed by atoms with van der Waals surface area (Å²) in [5.41, 5.74) is 1.66. The molecule has 0 amide bonds. The lowest BCUT2D eigenvalue weighted by Crippen LogP contribution is -2.11. The average molecular weight is 232 g/mol. The standard InChI is InChI=1S/C7H10ClN5S/c1-5(2-3-6(8)12-9)11-7-13-10-4-14-7/h2-5H,9H2,1H3,(H,11,13)/b3-2+,12-6+. The summed E-state index contributed by atoms with van der Waals surface area (Å²) in [7, 11) is 0. The van der Waals surface area contributed by atoms with E-state index >= 15 is 0 Å². The number of hydrazone groups is 1. The Balaban J connectivity index is 2.43. The summed E-state index contributed by atoms with van der Waals surface area (Å²) in [5.74, 6) is 4.96. The molecule has 0 spiro atoms. The third kappa shape index (κ3) is 3.71. The molecule has 0 fully saturated rings. The fourth-order valence-electron chi connectivity index (χ4n) is 0.746. The highest BCUT2D eigenvalue weighted by Gasteiger charge is 1.99. The Bertz CT molecular complexity index is 321. The summed E-state index contributed by atoms with van der Waals surface area (Å²) in [6, 6.07) is 0.0958. The van der Waals surface area contributed by atoms with Crippen LogP contribution in [-0.2, 0) is 0 Å². The molecule has 1 unspecified atom stereocenters. The van der Waals surface area contributed by atoms with Crippen LogP contribution in [0.1, 0.15) is 6.92 Å². The minimum absolute atomic E-state index is 0.0958. The van der Waals surface area contributed by atoms with Gasteiger partial charge >= 0.3 is 0 Å². The van der Waals surface area contributed by atoms with Crippen LogP contribution in [0.2, 0.25) is 0 Å². The molecule has 0 radical (unpaired) electrons. The number of hydrogen-bond donors (Lipinski definition) is 2. The van der Waals surface area contributed by atoms with E-state index in [2.05, 4.69) is 20.6 Å². The number of halogens is 1. The molecule has 0 saturated heterocycles. The summed E-state index contributed by atoms with van der Waals surface area (Å²) in [6.07, 6.45) is 3.46. The van der Waals surface area contributed by atoms with E-state index in [-0.39, 0.29) is 11.2 Å². The highest BCUT2D eigenvalue weighted by atomic mass is 35.5. The van der Waals surface area contributed by atoms with Crippen molar-refractivity contribution in [3.63, 3.8) is 0 Å². The van der Waals surface area contributed by atoms with Gasteiger partial charge in [0.15, 0.2) is 0 Å². The van der Waals surface area contributed by atoms with Crippen molar-refractivity contribution < 1.29 is 0 Å². The van der Waals surface area contributed by atoms with Gasteiger partial charge in [0, 0.05) is 6.04 Å². The van der Waals surface area contributed by atoms with Crippen LogP contribution in [0.5, 0.6) is 0 Å². The molecule has 76 valence electrons. The first-order valence-corrected chi connectivity index (χ1v) is 5.12. The normalized spacial score (nSPS) is 14.6. The zero-order chi connectivity index (χ0) is 10.4. The van der Waals surface area contributed by atoms with E-state index in [9.17, 15) is 0 Å². The van der Waals surface area contributed by atoms with E-state index < -0.39 is 0 Å². The number of nitrogens with two attached hydrogens (primary N) is 1. The third-order valence-corrected chi connectivity index (χ3v) is 2.20. The second-order valence-electron chi connectivity index (χ2n) is 2.49. The maximum atomic E-state index is 5.58. The fourth-order valence-corrected chi connectivity index (χ4v) is 1.36. The molecule has 0 aliphatic rings. The zero-order valence-corrected chi connectivity index (χ0v) is 9.09. The van der Waals surface area contributed by atoms with Gasteiger partial charge in [-0.3, -0.25) is 0 Å². The summed E-state index contributed by atoms with van der Waals surface area (Å²) in [4.78, 5) is 0. The Morgan fingerprint density at radius 1 is 1.86 bits per heavy atom. The molecule has 0 saturated carbocycles. The van der Waals surface area contributed by atoms with Crippen molar-refractivity contribution in [3.05, 3.63) is 17.7 Å². The molecule has 14 heavy (non-hydrogen) atoms. The number of nitrogens with one attached hydrogen (secondary N) is 1. The van der Waals surface area contributed by atoms with Gasteiger partial charge in [-0.1, -0.05) is 29.0 Å². The lowest BCUT2D eigenvalue weighted by Gasteiger charge is -2.05. The van der Waals surface area contributed by atoms with E-state index in [1.54, 1.807) is 11.6 Å². The van der Waals surface area contributed by atoms with Gasteiger partial charge in [0.1, 0.15) is 10.7 Å². The van der Waals surface area contributed by atoms with E-state index in [1.165, 1.54) is 11.3 Å². The molecular formula is C7H10ClN5S. The lowest BCUT2D eigenvalue weighted by atomic mass is 10.3. The Morgan fingerprint density at radius 3 is 3.21 bits per heavy atom. The predicted molar refractivity (Wildman–Crippen MR) is 59.6 cm³/mol. The largest absolute Gasteiger partial charge is 0.354 e. The van der Waals surface area contributed by atoms with Crippen molar-refractivity contribution in [3.8, 4) is 0 Å². The topological polar surface area (TPSA) is 76.2 Å². The van der Waals surface area contributed by atoms with Crippen molar-refractivity contribution >= 4 is 33.2 Å². The van der Waals surface area contributed by atoms with Gasteiger partial charge in [0.05, 0.1) is 0 Å². The maximum absolute atomic E-state index is 5.58. The monoisotopic (exact) mass is 231 g/mol. The van der Waals surface area contributed by atoms with Crippen molar-refractivity contribution in [2.75, 3.05) is 5.32 Å². The quantitative estimate of drug-likeness (QED) is 0.467. The average Bonchev–Trinajstić information content (AvgIpc) is 2.66. The van der Waals surface area contributed by atoms with Gasteiger partial charge in [0.25, 0.3) is 0 Å². The van der Waals surface area contributed by atoms with Crippen LogP contribution in [0.15, 0.2) is 22.8 Å². The number of nitrogens with zero attached hydrogens (tertiary/aromatic N) is 3. The van der Waals surface area contributed by atoms with Crippen LogP contribution in [-0.4, -0.2) is 21.4 Å². The smallest absolute Gasteiger partial charge is 0.205 e. The molecule has 5 nitrogen and oxygen atoms in total. The number of hydrogen-bond acceptors (Lipinski definition) is 6. The zero-order valence-electron chi connectivity index (χ0n) is 7.51. The van der Waals surface area contributed by atoms with Crippen molar-refractivity contribution in [2.24, 2.45) is 10.9 Å². The summed E-state index contributed by atoms with van der Waals surface area (Å²) < 4.78 is 0. The highest BCUT2D eigenvalue weighted by molar-refractivity contribution is 7.13. The van der Waals surface area contributed by atoms with E-state index in [1.807, 2.05) is 13.0 Å². The molecule has 0 aliphatic carbocycles. The van der Waals surface area contributed by atoms with E-state index in [0.717, 1.165) is 5.13 Å². The van der Waals surface area contributed by atoms with Gasteiger partial charge in [0.2, 0.25) is 5.13 Å². The molecule has 1 rings (SSSR count). The maximum Gasteiger partial charge on any atom is 0.205 e. The van der Waals surface area contributed by atoms with E-state index in [4.69, 9.17) is 17.4 Å². The van der Waals surface area contributed by atoms with Crippen LogP contribution >= 0.6 is 22.9 Å². The molecule has 1 aromatic rings. The minimum Gasteiger partial charge on any atom is -0.354 e. The number of aromatic nitrogens is 2. The molecule has 7 heteroatoms. The van der Waals surface area contributed by atoms with Gasteiger partial charge in [-0.15, -0.1) is 10.2 Å². The second-order valence-corrected chi connectivity index (χ2v) is 3.71. The minimum atomic E-state index is 0.0958. The molecule has 1 atom stereocenters. The molecule has 1 heterocycles. The first-order chi connectivity index (χ1) is 6.72. The molecule has 3 N–H and O–H groups in total. The van der Waals surface area contributed by atoms with Crippen molar-refractivity contribution in [2.45, 2.75) is 13.0 Å². The summed E-state index contributed by atoms with van der Waals surface area (Å²) in [6.45, 7) is 1.96. The van der Waals surface area contributed by atoms with Crippen LogP contribution in [0.3, 0.4) is 0 Å². The molecule has 0 bridgehead atoms. The molecule has 0 aromatic carbocycles. The Kier molecular flexibility index (Phi) is 4.34. The second kappa shape index (κ2) is 5.56. The molecule has 1 aromatic heterocycles. The number of rotatable bonds is 4. The van der Waals surface area contributed by atoms with Gasteiger partial charge in [-0.25, -0.2) is 0 Å². The number of allylic oxidation sites excluding steroid dienone is 1. The molecule has 0 aliphatic heterocycles. The fraction of sp³-hybridized carbons (Fsp3) is 0.286. The SMILES string of the molecule is CC(/C=C/C(Cl)=N\N)Nc1nncs1. The number of anilines is 1. The van der Waals surface area contributed by atoms with Crippen LogP contribution in [0.4, 0.5) is 5.13 Å². The Labute approximate surface area is 90.7 Å². The van der Waals surface area contributed by atoms with Crippen LogP contribution in [0, 0.1) is 0 Å². The molecular weight excluding hydrogens is 222 g/mol. The lowest BCUT2D eigenvalue weighted by molar-refractivity contribution is 0.971. The van der Waals surface area contributed by atoms with Gasteiger partial charge in [-0.05, 0) is 13.0 Å². The summed E-state index contributed by atoms with van der Waals surface area (Å²) >= 11 is 7.01. The Morgan fingerprint density at radius 2 is 2.64 bits per heavy atom. The highest BCUT2D eigenvalue weighted by Crippen LogP contribution is 2.09. The van der Waals surface area contributed by atoms with E-state index in [0.29, 0.717) is 0 Å². The first-order valence-electron chi connectivity index (χ1n) is 3.86. The predicted octanol–water partition coefficient (Wildman–Crippen LogP) is 1.41. The first kappa shape index (κ1) is 10.9. The van der Waals surface area contributed by atoms with Crippen molar-refractivity contribution in [1.82, 2.24) is 10.2 Å². The van der Waals surface area contributed by atoms with Crippen molar-refractivity contribution in [1.29, 1.82) is 0 Å².